The molecule has 242 valence electrons. The summed E-state index contributed by atoms with van der Waals surface area (Å²) < 4.78 is 27.2. The Bertz CT molecular complexity index is 1590. The molecular weight excluding hydrogens is 598 g/mol. The summed E-state index contributed by atoms with van der Waals surface area (Å²) in [5.74, 6) is -0.182. The fraction of sp³-hybridized carbons (Fsp3) is 0.361. The minimum atomic E-state index is -2.85. The normalized spacial score (nSPS) is 19.1. The number of hydrogen-bond donors (Lipinski definition) is 1. The number of anilines is 1. The highest BCUT2D eigenvalue weighted by atomic mass is 28.4. The largest absolute Gasteiger partial charge is 0.405 e. The van der Waals surface area contributed by atoms with E-state index in [1.165, 1.54) is 4.57 Å². The maximum absolute atomic E-state index is 13.2. The first-order valence-electron chi connectivity index (χ1n) is 15.8. The van der Waals surface area contributed by atoms with E-state index in [2.05, 4.69) is 79.6 Å². The highest BCUT2D eigenvalue weighted by molar-refractivity contribution is 6.99. The second kappa shape index (κ2) is 14.7. The third-order valence-electron chi connectivity index (χ3n) is 8.25. The van der Waals surface area contributed by atoms with Gasteiger partial charge in [-0.25, -0.2) is 4.79 Å². The monoisotopic (exact) mass is 641 g/mol. The minimum absolute atomic E-state index is 0.164. The van der Waals surface area contributed by atoms with Gasteiger partial charge < -0.3 is 24.0 Å². The number of hydrogen-bond acceptors (Lipinski definition) is 7. The SMILES string of the molecule is CCOC(C)OC1C[C@H](n2ccc(NC(=O)c3ccccc3)nc2=O)O[C@@H]1CO[Si](c1ccccc1)(c1ccccc1)C(C)(C)C. The Morgan fingerprint density at radius 1 is 0.978 bits per heavy atom. The van der Waals surface area contributed by atoms with Crippen LogP contribution in [0, 0.1) is 0 Å². The number of amides is 1. The number of nitrogens with one attached hydrogen (secondary N) is 1. The average molecular weight is 642 g/mol. The van der Waals surface area contributed by atoms with Crippen LogP contribution in [0.5, 0.6) is 0 Å². The van der Waals surface area contributed by atoms with Crippen molar-refractivity contribution in [2.75, 3.05) is 18.5 Å². The molecule has 1 N–H and O–H groups in total. The Hall–Kier alpha value is -3.93. The third-order valence-corrected chi connectivity index (χ3v) is 13.3. The van der Waals surface area contributed by atoms with Gasteiger partial charge in [-0.05, 0) is 47.5 Å². The minimum Gasteiger partial charge on any atom is -0.405 e. The van der Waals surface area contributed by atoms with Crippen LogP contribution in [0.15, 0.2) is 108 Å². The maximum Gasteiger partial charge on any atom is 0.351 e. The lowest BCUT2D eigenvalue weighted by Gasteiger charge is -2.43. The van der Waals surface area contributed by atoms with Gasteiger partial charge in [0.25, 0.3) is 14.2 Å². The van der Waals surface area contributed by atoms with Crippen LogP contribution in [0.1, 0.15) is 57.6 Å². The van der Waals surface area contributed by atoms with Crippen LogP contribution in [0.2, 0.25) is 5.04 Å². The van der Waals surface area contributed by atoms with E-state index >= 15 is 0 Å². The zero-order chi connectivity index (χ0) is 32.7. The summed E-state index contributed by atoms with van der Waals surface area (Å²) in [6.07, 6.45) is -0.0324. The second-order valence-electron chi connectivity index (χ2n) is 12.4. The first kappa shape index (κ1) is 33.4. The van der Waals surface area contributed by atoms with Crippen molar-refractivity contribution in [3.63, 3.8) is 0 Å². The number of carbonyl (C=O) groups is 1. The van der Waals surface area contributed by atoms with E-state index in [9.17, 15) is 9.59 Å². The van der Waals surface area contributed by atoms with Crippen LogP contribution < -0.4 is 21.4 Å². The van der Waals surface area contributed by atoms with Crippen LogP contribution in [-0.4, -0.2) is 55.5 Å². The van der Waals surface area contributed by atoms with E-state index in [1.807, 2.05) is 32.0 Å². The average Bonchev–Trinajstić information content (AvgIpc) is 3.44. The van der Waals surface area contributed by atoms with Crippen molar-refractivity contribution in [2.45, 2.75) is 70.8 Å². The lowest BCUT2D eigenvalue weighted by atomic mass is 10.2. The lowest BCUT2D eigenvalue weighted by molar-refractivity contribution is -0.172. The Morgan fingerprint density at radius 2 is 1.57 bits per heavy atom. The van der Waals surface area contributed by atoms with Crippen molar-refractivity contribution in [1.29, 1.82) is 0 Å². The number of benzene rings is 3. The molecule has 0 saturated carbocycles. The van der Waals surface area contributed by atoms with E-state index in [-0.39, 0.29) is 23.4 Å². The quantitative estimate of drug-likeness (QED) is 0.169. The summed E-state index contributed by atoms with van der Waals surface area (Å²) in [7, 11) is -2.85. The molecule has 1 fully saturated rings. The molecule has 0 aliphatic carbocycles. The highest BCUT2D eigenvalue weighted by Crippen LogP contribution is 2.38. The molecule has 9 nitrogen and oxygen atoms in total. The number of carbonyl (C=O) groups excluding carboxylic acids is 1. The molecule has 4 atom stereocenters. The first-order valence-corrected chi connectivity index (χ1v) is 17.7. The van der Waals surface area contributed by atoms with E-state index in [4.69, 9.17) is 18.6 Å². The molecule has 1 aromatic heterocycles. The molecule has 1 saturated heterocycles. The molecule has 5 rings (SSSR count). The van der Waals surface area contributed by atoms with Gasteiger partial charge in [-0.3, -0.25) is 9.36 Å². The van der Waals surface area contributed by atoms with E-state index in [0.29, 0.717) is 18.6 Å². The lowest BCUT2D eigenvalue weighted by Crippen LogP contribution is -2.67. The zero-order valence-electron chi connectivity index (χ0n) is 27.1. The smallest absolute Gasteiger partial charge is 0.351 e. The van der Waals surface area contributed by atoms with Crippen molar-refractivity contribution in [3.05, 3.63) is 119 Å². The molecule has 4 aromatic rings. The van der Waals surface area contributed by atoms with Crippen molar-refractivity contribution >= 4 is 30.4 Å². The van der Waals surface area contributed by atoms with Gasteiger partial charge in [0.15, 0.2) is 6.29 Å². The molecule has 2 heterocycles. The Balaban J connectivity index is 1.41. The molecular formula is C36H43N3O6Si. The predicted octanol–water partition coefficient (Wildman–Crippen LogP) is 5.13. The van der Waals surface area contributed by atoms with Gasteiger partial charge in [-0.15, -0.1) is 0 Å². The predicted molar refractivity (Wildman–Crippen MR) is 181 cm³/mol. The number of aromatic nitrogens is 2. The van der Waals surface area contributed by atoms with Gasteiger partial charge in [0.2, 0.25) is 0 Å². The van der Waals surface area contributed by atoms with Crippen LogP contribution in [0.4, 0.5) is 5.82 Å². The first-order chi connectivity index (χ1) is 22.1. The van der Waals surface area contributed by atoms with Crippen LogP contribution in [0.25, 0.3) is 0 Å². The van der Waals surface area contributed by atoms with Crippen molar-refractivity contribution in [3.8, 4) is 0 Å². The molecule has 0 spiro atoms. The standard InChI is InChI=1S/C36H43N3O6Si/c1-6-42-26(2)44-30-24-33(39-23-22-32(38-35(39)41)37-34(40)27-16-10-7-11-17-27)45-31(30)25-43-46(36(3,4)5,28-18-12-8-13-19-28)29-20-14-9-15-21-29/h7-23,26,30-31,33H,6,24-25H2,1-5H3,(H,37,38,40,41)/t26?,30?,31-,33-/m1/s1. The fourth-order valence-corrected chi connectivity index (χ4v) is 10.7. The summed E-state index contributed by atoms with van der Waals surface area (Å²) in [4.78, 5) is 30.0. The van der Waals surface area contributed by atoms with E-state index in [0.717, 1.165) is 10.4 Å². The Labute approximate surface area is 271 Å². The molecule has 2 unspecified atom stereocenters. The maximum atomic E-state index is 13.2. The molecule has 46 heavy (non-hydrogen) atoms. The summed E-state index contributed by atoms with van der Waals surface area (Å²) in [6.45, 7) is 11.2. The van der Waals surface area contributed by atoms with Gasteiger partial charge in [-0.2, -0.15) is 4.98 Å². The van der Waals surface area contributed by atoms with E-state index in [1.54, 1.807) is 36.5 Å². The topological polar surface area (TPSA) is 101 Å². The molecule has 0 bridgehead atoms. The fourth-order valence-electron chi connectivity index (χ4n) is 6.13. The second-order valence-corrected chi connectivity index (χ2v) is 16.7. The molecule has 3 aromatic carbocycles. The molecule has 1 aliphatic rings. The van der Waals surface area contributed by atoms with Gasteiger partial charge in [0.1, 0.15) is 18.1 Å². The van der Waals surface area contributed by atoms with E-state index < -0.39 is 38.7 Å². The highest BCUT2D eigenvalue weighted by Gasteiger charge is 2.51. The van der Waals surface area contributed by atoms with Crippen LogP contribution >= 0.6 is 0 Å². The third kappa shape index (κ3) is 7.37. The summed E-state index contributed by atoms with van der Waals surface area (Å²) in [6, 6.07) is 31.2. The Kier molecular flexibility index (Phi) is 10.7. The van der Waals surface area contributed by atoms with Crippen LogP contribution in [0.3, 0.4) is 0 Å². The van der Waals surface area contributed by atoms with Crippen molar-refractivity contribution in [1.82, 2.24) is 9.55 Å². The summed E-state index contributed by atoms with van der Waals surface area (Å²) in [5, 5.41) is 4.80. The molecule has 1 amide bonds. The zero-order valence-corrected chi connectivity index (χ0v) is 28.1. The molecule has 0 radical (unpaired) electrons. The summed E-state index contributed by atoms with van der Waals surface area (Å²) in [5.41, 5.74) is -0.0687. The van der Waals surface area contributed by atoms with Crippen molar-refractivity contribution < 1.29 is 23.4 Å². The van der Waals surface area contributed by atoms with Gasteiger partial charge in [0.05, 0.1) is 12.7 Å². The van der Waals surface area contributed by atoms with Gasteiger partial charge >= 0.3 is 5.69 Å². The van der Waals surface area contributed by atoms with Crippen LogP contribution in [-0.2, 0) is 18.6 Å². The number of rotatable bonds is 12. The van der Waals surface area contributed by atoms with Gasteiger partial charge in [-0.1, -0.05) is 99.6 Å². The number of ether oxygens (including phenoxy) is 3. The molecule has 1 aliphatic heterocycles. The van der Waals surface area contributed by atoms with Crippen molar-refractivity contribution in [2.24, 2.45) is 0 Å². The number of nitrogens with zero attached hydrogens (tertiary/aromatic N) is 2. The molecule has 10 heteroatoms. The van der Waals surface area contributed by atoms with Gasteiger partial charge in [0, 0.05) is 24.8 Å². The Morgan fingerprint density at radius 3 is 2.11 bits per heavy atom. The summed E-state index contributed by atoms with van der Waals surface area (Å²) >= 11 is 0.